The third kappa shape index (κ3) is 4.78. The highest BCUT2D eigenvalue weighted by Crippen LogP contribution is 2.34. The molecule has 31 heavy (non-hydrogen) atoms. The number of esters is 1. The van der Waals surface area contributed by atoms with Gasteiger partial charge in [-0.3, -0.25) is 18.7 Å². The van der Waals surface area contributed by atoms with Crippen LogP contribution in [0.2, 0.25) is 0 Å². The molecule has 9 heteroatoms. The molecule has 1 saturated heterocycles. The number of hydrogen-bond acceptors (Lipinski definition) is 7. The fraction of sp³-hybridized carbons (Fsp3) is 0.682. The van der Waals surface area contributed by atoms with Crippen LogP contribution in [0.25, 0.3) is 10.2 Å². The molecule has 1 unspecified atom stereocenters. The number of ether oxygens (including phenoxy) is 2. The van der Waals surface area contributed by atoms with Gasteiger partial charge in [0.25, 0.3) is 5.56 Å². The molecule has 1 N–H and O–H groups in total. The van der Waals surface area contributed by atoms with Crippen molar-refractivity contribution in [3.05, 3.63) is 31.3 Å². The second-order valence-electron chi connectivity index (χ2n) is 9.45. The third-order valence-electron chi connectivity index (χ3n) is 5.64. The molecule has 0 aromatic carbocycles. The number of hydrogen-bond donors (Lipinski definition) is 1. The van der Waals surface area contributed by atoms with E-state index in [1.165, 1.54) is 15.9 Å². The van der Waals surface area contributed by atoms with Crippen LogP contribution >= 0.6 is 11.3 Å². The van der Waals surface area contributed by atoms with Gasteiger partial charge < -0.3 is 14.8 Å². The van der Waals surface area contributed by atoms with E-state index in [0.29, 0.717) is 29.9 Å². The number of fused-ring (bicyclic) bond motifs is 1. The second kappa shape index (κ2) is 8.52. The Morgan fingerprint density at radius 2 is 2.00 bits per heavy atom. The quantitative estimate of drug-likeness (QED) is 0.653. The summed E-state index contributed by atoms with van der Waals surface area (Å²) in [6.45, 7) is 9.11. The lowest BCUT2D eigenvalue weighted by Gasteiger charge is -2.19. The zero-order chi connectivity index (χ0) is 22.3. The normalized spacial score (nSPS) is 19.3. The molecule has 2 aliphatic rings. The monoisotopic (exact) mass is 449 g/mol. The first-order valence-corrected chi connectivity index (χ1v) is 11.8. The Labute approximate surface area is 185 Å². The lowest BCUT2D eigenvalue weighted by molar-refractivity contribution is -0.153. The van der Waals surface area contributed by atoms with Gasteiger partial charge in [-0.25, -0.2) is 4.79 Å². The SMILES string of the molecule is Cc1c(CNCC(=O)OC(C)(C)C)sc2c1c(=O)n(C1CC1)c(=O)n2CC1CCCO1. The van der Waals surface area contributed by atoms with Crippen LogP contribution in [0.15, 0.2) is 9.59 Å². The smallest absolute Gasteiger partial charge is 0.332 e. The molecule has 0 bridgehead atoms. The van der Waals surface area contributed by atoms with E-state index in [1.54, 1.807) is 4.57 Å². The molecule has 0 amide bonds. The minimum atomic E-state index is -0.529. The number of carbonyl (C=O) groups is 1. The molecule has 0 radical (unpaired) electrons. The summed E-state index contributed by atoms with van der Waals surface area (Å²) in [5.74, 6) is -0.322. The fourth-order valence-electron chi connectivity index (χ4n) is 4.04. The Morgan fingerprint density at radius 1 is 1.26 bits per heavy atom. The maximum absolute atomic E-state index is 13.2. The average molecular weight is 450 g/mol. The van der Waals surface area contributed by atoms with Crippen molar-refractivity contribution in [1.29, 1.82) is 0 Å². The van der Waals surface area contributed by atoms with Gasteiger partial charge in [-0.05, 0) is 58.9 Å². The number of nitrogens with one attached hydrogen (secondary N) is 1. The predicted molar refractivity (Wildman–Crippen MR) is 120 cm³/mol. The predicted octanol–water partition coefficient (Wildman–Crippen LogP) is 2.48. The molecular weight excluding hydrogens is 418 g/mol. The Morgan fingerprint density at radius 3 is 2.61 bits per heavy atom. The van der Waals surface area contributed by atoms with Gasteiger partial charge in [0.1, 0.15) is 10.4 Å². The first-order chi connectivity index (χ1) is 14.7. The Kier molecular flexibility index (Phi) is 6.11. The lowest BCUT2D eigenvalue weighted by Crippen LogP contribution is -2.40. The van der Waals surface area contributed by atoms with Crippen LogP contribution in [0.3, 0.4) is 0 Å². The summed E-state index contributed by atoms with van der Waals surface area (Å²) in [7, 11) is 0. The van der Waals surface area contributed by atoms with Gasteiger partial charge in [0.2, 0.25) is 0 Å². The lowest BCUT2D eigenvalue weighted by atomic mass is 10.2. The van der Waals surface area contributed by atoms with Crippen molar-refractivity contribution >= 4 is 27.5 Å². The van der Waals surface area contributed by atoms with Crippen LogP contribution in [0.5, 0.6) is 0 Å². The van der Waals surface area contributed by atoms with Gasteiger partial charge in [0.15, 0.2) is 0 Å². The highest BCUT2D eigenvalue weighted by Gasteiger charge is 2.31. The van der Waals surface area contributed by atoms with Crippen molar-refractivity contribution in [2.24, 2.45) is 0 Å². The number of nitrogens with zero attached hydrogens (tertiary/aromatic N) is 2. The highest BCUT2D eigenvalue weighted by molar-refractivity contribution is 7.18. The molecule has 1 aliphatic carbocycles. The average Bonchev–Trinajstić information content (AvgIpc) is 3.25. The van der Waals surface area contributed by atoms with Crippen molar-refractivity contribution in [3.63, 3.8) is 0 Å². The van der Waals surface area contributed by atoms with Crippen LogP contribution in [0, 0.1) is 6.92 Å². The van der Waals surface area contributed by atoms with Gasteiger partial charge >= 0.3 is 11.7 Å². The van der Waals surface area contributed by atoms with E-state index < -0.39 is 5.60 Å². The first-order valence-electron chi connectivity index (χ1n) is 11.0. The maximum Gasteiger partial charge on any atom is 0.332 e. The highest BCUT2D eigenvalue weighted by atomic mass is 32.1. The van der Waals surface area contributed by atoms with Crippen molar-refractivity contribution < 1.29 is 14.3 Å². The van der Waals surface area contributed by atoms with Crippen LogP contribution in [0.4, 0.5) is 0 Å². The molecular formula is C22H31N3O5S. The van der Waals surface area contributed by atoms with E-state index in [0.717, 1.165) is 36.1 Å². The van der Waals surface area contributed by atoms with Crippen molar-refractivity contribution in [2.75, 3.05) is 13.2 Å². The first kappa shape index (κ1) is 22.2. The van der Waals surface area contributed by atoms with Crippen molar-refractivity contribution in [1.82, 2.24) is 14.5 Å². The fourth-order valence-corrected chi connectivity index (χ4v) is 5.31. The summed E-state index contributed by atoms with van der Waals surface area (Å²) in [4.78, 5) is 40.1. The zero-order valence-electron chi connectivity index (χ0n) is 18.7. The van der Waals surface area contributed by atoms with Gasteiger partial charge in [-0.2, -0.15) is 0 Å². The summed E-state index contributed by atoms with van der Waals surface area (Å²) >= 11 is 1.45. The number of aromatic nitrogens is 2. The van der Waals surface area contributed by atoms with Gasteiger partial charge in [0.05, 0.1) is 24.6 Å². The van der Waals surface area contributed by atoms with E-state index >= 15 is 0 Å². The number of carbonyl (C=O) groups excluding carboxylic acids is 1. The van der Waals surface area contributed by atoms with E-state index in [9.17, 15) is 14.4 Å². The van der Waals surface area contributed by atoms with Crippen molar-refractivity contribution in [2.45, 2.75) is 84.2 Å². The van der Waals surface area contributed by atoms with E-state index in [4.69, 9.17) is 9.47 Å². The minimum absolute atomic E-state index is 0.00204. The van der Waals surface area contributed by atoms with E-state index in [-0.39, 0.29) is 35.9 Å². The molecule has 1 saturated carbocycles. The molecule has 2 aromatic rings. The summed E-state index contributed by atoms with van der Waals surface area (Å²) in [5, 5.41) is 3.73. The van der Waals surface area contributed by atoms with E-state index in [2.05, 4.69) is 5.32 Å². The zero-order valence-corrected chi connectivity index (χ0v) is 19.5. The largest absolute Gasteiger partial charge is 0.459 e. The van der Waals surface area contributed by atoms with Crippen LogP contribution in [-0.4, -0.2) is 40.0 Å². The van der Waals surface area contributed by atoms with E-state index in [1.807, 2.05) is 27.7 Å². The molecule has 170 valence electrons. The Balaban J connectivity index is 1.65. The number of rotatable bonds is 7. The summed E-state index contributed by atoms with van der Waals surface area (Å²) < 4.78 is 14.3. The maximum atomic E-state index is 13.2. The summed E-state index contributed by atoms with van der Waals surface area (Å²) in [6.07, 6.45) is 3.66. The molecule has 4 rings (SSSR count). The van der Waals surface area contributed by atoms with Crippen LogP contribution in [0.1, 0.15) is 62.9 Å². The number of aryl methyl sites for hydroxylation is 1. The molecule has 2 aromatic heterocycles. The standard InChI is InChI=1S/C22H31N3O5S/c1-13-16(10-23-11-17(26)30-22(2,3)4)31-20-18(13)19(27)25(14-7-8-14)21(28)24(20)12-15-6-5-9-29-15/h14-15,23H,5-12H2,1-4H3. The minimum Gasteiger partial charge on any atom is -0.459 e. The third-order valence-corrected chi connectivity index (χ3v) is 6.95. The van der Waals surface area contributed by atoms with Crippen LogP contribution in [-0.2, 0) is 27.4 Å². The van der Waals surface area contributed by atoms with Crippen molar-refractivity contribution in [3.8, 4) is 0 Å². The topological polar surface area (TPSA) is 91.6 Å². The second-order valence-corrected chi connectivity index (χ2v) is 10.5. The molecule has 2 fully saturated rings. The van der Waals surface area contributed by atoms with Gasteiger partial charge in [0, 0.05) is 24.1 Å². The summed E-state index contributed by atoms with van der Waals surface area (Å²) in [6, 6.07) is 0.00758. The number of thiophene rings is 1. The van der Waals surface area contributed by atoms with Gasteiger partial charge in [-0.15, -0.1) is 11.3 Å². The molecule has 1 aliphatic heterocycles. The van der Waals surface area contributed by atoms with Crippen LogP contribution < -0.4 is 16.6 Å². The molecule has 1 atom stereocenters. The molecule has 0 spiro atoms. The van der Waals surface area contributed by atoms with Gasteiger partial charge in [-0.1, -0.05) is 0 Å². The Bertz CT molecular complexity index is 1100. The summed E-state index contributed by atoms with van der Waals surface area (Å²) in [5.41, 5.74) is -0.0844. The molecule has 8 nitrogen and oxygen atoms in total. The molecule has 3 heterocycles. The Hall–Kier alpha value is -1.97.